The van der Waals surface area contributed by atoms with Gasteiger partial charge < -0.3 is 15.5 Å². The molecular formula is C27H31Cl2N3O3. The Balaban J connectivity index is 1.31. The fourth-order valence-corrected chi connectivity index (χ4v) is 5.31. The Morgan fingerprint density at radius 3 is 2.17 bits per heavy atom. The molecule has 0 aromatic heterocycles. The maximum Gasteiger partial charge on any atom is 0.253 e. The molecule has 2 aliphatic rings. The highest BCUT2D eigenvalue weighted by Gasteiger charge is 2.33. The Morgan fingerprint density at radius 2 is 1.51 bits per heavy atom. The van der Waals surface area contributed by atoms with E-state index in [1.165, 1.54) is 0 Å². The van der Waals surface area contributed by atoms with Crippen LogP contribution in [-0.2, 0) is 4.79 Å². The minimum absolute atomic E-state index is 0.00803. The van der Waals surface area contributed by atoms with Crippen LogP contribution in [-0.4, -0.2) is 47.8 Å². The number of piperidine rings is 1. The minimum Gasteiger partial charge on any atom is -0.351 e. The molecule has 186 valence electrons. The van der Waals surface area contributed by atoms with E-state index in [4.69, 9.17) is 23.2 Å². The van der Waals surface area contributed by atoms with E-state index >= 15 is 0 Å². The van der Waals surface area contributed by atoms with Crippen molar-refractivity contribution in [2.24, 2.45) is 5.92 Å². The van der Waals surface area contributed by atoms with Crippen molar-refractivity contribution in [2.75, 3.05) is 13.1 Å². The molecule has 0 radical (unpaired) electrons. The summed E-state index contributed by atoms with van der Waals surface area (Å²) >= 11 is 12.0. The molecule has 35 heavy (non-hydrogen) atoms. The third-order valence-electron chi connectivity index (χ3n) is 7.12. The minimum atomic E-state index is -0.150. The van der Waals surface area contributed by atoms with Gasteiger partial charge >= 0.3 is 0 Å². The molecule has 0 spiro atoms. The highest BCUT2D eigenvalue weighted by atomic mass is 35.5. The van der Waals surface area contributed by atoms with E-state index in [2.05, 4.69) is 10.6 Å². The van der Waals surface area contributed by atoms with Crippen LogP contribution >= 0.6 is 23.2 Å². The van der Waals surface area contributed by atoms with Crippen molar-refractivity contribution in [3.8, 4) is 0 Å². The summed E-state index contributed by atoms with van der Waals surface area (Å²) < 4.78 is 0. The summed E-state index contributed by atoms with van der Waals surface area (Å²) in [7, 11) is 0. The fraction of sp³-hybridized carbons (Fsp3) is 0.444. The number of likely N-dealkylation sites (tertiary alicyclic amines) is 1. The molecule has 1 unspecified atom stereocenters. The van der Waals surface area contributed by atoms with Gasteiger partial charge in [0.2, 0.25) is 5.91 Å². The Bertz CT molecular complexity index is 1100. The second kappa shape index (κ2) is 11.4. The molecule has 6 nitrogen and oxygen atoms in total. The topological polar surface area (TPSA) is 78.5 Å². The van der Waals surface area contributed by atoms with Gasteiger partial charge in [-0.1, -0.05) is 54.2 Å². The molecule has 1 aliphatic heterocycles. The third kappa shape index (κ3) is 6.17. The van der Waals surface area contributed by atoms with Gasteiger partial charge in [-0.25, -0.2) is 0 Å². The zero-order chi connectivity index (χ0) is 24.9. The van der Waals surface area contributed by atoms with Crippen LogP contribution in [0.15, 0.2) is 42.5 Å². The third-order valence-corrected chi connectivity index (χ3v) is 7.86. The number of hydrogen-bond acceptors (Lipinski definition) is 3. The van der Waals surface area contributed by atoms with Gasteiger partial charge in [0.05, 0.1) is 10.0 Å². The molecule has 3 amide bonds. The molecule has 1 heterocycles. The lowest BCUT2D eigenvalue weighted by Gasteiger charge is -2.36. The lowest BCUT2D eigenvalue weighted by Crippen LogP contribution is -2.55. The van der Waals surface area contributed by atoms with E-state index in [1.807, 2.05) is 31.2 Å². The number of carbonyl (C=O) groups excluding carboxylic acids is 3. The van der Waals surface area contributed by atoms with Gasteiger partial charge in [-0.15, -0.1) is 0 Å². The Hall–Kier alpha value is -2.57. The second-order valence-electron chi connectivity index (χ2n) is 9.49. The van der Waals surface area contributed by atoms with Gasteiger partial charge in [0.25, 0.3) is 11.8 Å². The van der Waals surface area contributed by atoms with E-state index < -0.39 is 0 Å². The van der Waals surface area contributed by atoms with Gasteiger partial charge in [-0.2, -0.15) is 0 Å². The highest BCUT2D eigenvalue weighted by Crippen LogP contribution is 2.26. The summed E-state index contributed by atoms with van der Waals surface area (Å²) in [6.45, 7) is 2.94. The molecule has 2 aromatic rings. The maximum absolute atomic E-state index is 13.1. The molecule has 2 aromatic carbocycles. The second-order valence-corrected chi connectivity index (χ2v) is 10.3. The van der Waals surface area contributed by atoms with Crippen LogP contribution < -0.4 is 10.6 Å². The molecule has 1 aliphatic carbocycles. The van der Waals surface area contributed by atoms with Gasteiger partial charge in [0.15, 0.2) is 0 Å². The number of aryl methyl sites for hydroxylation is 1. The van der Waals surface area contributed by atoms with Crippen molar-refractivity contribution in [1.82, 2.24) is 15.5 Å². The molecule has 2 fully saturated rings. The van der Waals surface area contributed by atoms with Crippen LogP contribution in [0.25, 0.3) is 0 Å². The summed E-state index contributed by atoms with van der Waals surface area (Å²) in [4.78, 5) is 40.5. The van der Waals surface area contributed by atoms with Crippen LogP contribution in [0.5, 0.6) is 0 Å². The van der Waals surface area contributed by atoms with Crippen LogP contribution in [0.4, 0.5) is 0 Å². The van der Waals surface area contributed by atoms with Crippen molar-refractivity contribution in [1.29, 1.82) is 0 Å². The number of benzene rings is 2. The predicted molar refractivity (Wildman–Crippen MR) is 138 cm³/mol. The molecule has 4 rings (SSSR count). The Kier molecular flexibility index (Phi) is 8.34. The largest absolute Gasteiger partial charge is 0.351 e. The van der Waals surface area contributed by atoms with Gasteiger partial charge in [0, 0.05) is 42.2 Å². The smallest absolute Gasteiger partial charge is 0.253 e. The molecule has 2 N–H and O–H groups in total. The number of amides is 3. The molecule has 1 saturated carbocycles. The van der Waals surface area contributed by atoms with E-state index in [0.717, 1.165) is 31.2 Å². The number of carbonyl (C=O) groups is 3. The van der Waals surface area contributed by atoms with E-state index in [1.54, 1.807) is 23.1 Å². The summed E-state index contributed by atoms with van der Waals surface area (Å²) in [5.74, 6) is -0.340. The van der Waals surface area contributed by atoms with Crippen molar-refractivity contribution in [3.05, 3.63) is 69.2 Å². The first-order chi connectivity index (χ1) is 16.8. The van der Waals surface area contributed by atoms with Gasteiger partial charge in [-0.3, -0.25) is 14.4 Å². The number of halogens is 2. The summed E-state index contributed by atoms with van der Waals surface area (Å²) in [6, 6.07) is 12.2. The van der Waals surface area contributed by atoms with Crippen molar-refractivity contribution >= 4 is 40.9 Å². The molecule has 0 bridgehead atoms. The first kappa shape index (κ1) is 25.5. The number of nitrogens with one attached hydrogen (secondary N) is 2. The zero-order valence-corrected chi connectivity index (χ0v) is 21.4. The van der Waals surface area contributed by atoms with E-state index in [-0.39, 0.29) is 35.7 Å². The van der Waals surface area contributed by atoms with E-state index in [9.17, 15) is 14.4 Å². The summed E-state index contributed by atoms with van der Waals surface area (Å²) in [5, 5.41) is 7.13. The molecule has 1 saturated heterocycles. The molecule has 2 atom stereocenters. The zero-order valence-electron chi connectivity index (χ0n) is 19.9. The number of nitrogens with zero attached hydrogens (tertiary/aromatic N) is 1. The van der Waals surface area contributed by atoms with Crippen LogP contribution in [0.3, 0.4) is 0 Å². The lowest BCUT2D eigenvalue weighted by atomic mass is 9.88. The van der Waals surface area contributed by atoms with Crippen molar-refractivity contribution < 1.29 is 14.4 Å². The van der Waals surface area contributed by atoms with Crippen LogP contribution in [0.2, 0.25) is 10.0 Å². The highest BCUT2D eigenvalue weighted by molar-refractivity contribution is 6.42. The van der Waals surface area contributed by atoms with Crippen LogP contribution in [0.1, 0.15) is 64.8 Å². The SMILES string of the molecule is Cc1ccccc1C(=O)N[C@@H]1CCCCC1NC(=O)C1CCN(C(=O)c2ccc(Cl)c(Cl)c2)CC1. The molecular weight excluding hydrogens is 485 g/mol. The van der Waals surface area contributed by atoms with Crippen molar-refractivity contribution in [3.63, 3.8) is 0 Å². The average molecular weight is 516 g/mol. The van der Waals surface area contributed by atoms with Gasteiger partial charge in [-0.05, 0) is 62.4 Å². The average Bonchev–Trinajstić information content (AvgIpc) is 2.86. The number of hydrogen-bond donors (Lipinski definition) is 2. The normalized spacial score (nSPS) is 20.8. The number of rotatable bonds is 5. The van der Waals surface area contributed by atoms with E-state index in [0.29, 0.717) is 47.1 Å². The van der Waals surface area contributed by atoms with Crippen molar-refractivity contribution in [2.45, 2.75) is 57.5 Å². The predicted octanol–water partition coefficient (Wildman–Crippen LogP) is 5.01. The Morgan fingerprint density at radius 1 is 0.857 bits per heavy atom. The summed E-state index contributed by atoms with van der Waals surface area (Å²) in [5.41, 5.74) is 2.10. The standard InChI is InChI=1S/C27H31Cl2N3O3/c1-17-6-2-3-7-20(17)26(34)31-24-9-5-4-8-23(24)30-25(33)18-12-14-32(15-13-18)27(35)19-10-11-21(28)22(29)16-19/h2-3,6-7,10-11,16,18,23-24H,4-5,8-9,12-15H2,1H3,(H,30,33)(H,31,34)/t23?,24-/m1/s1. The quantitative estimate of drug-likeness (QED) is 0.587. The summed E-state index contributed by atoms with van der Waals surface area (Å²) in [6.07, 6.45) is 4.95. The lowest BCUT2D eigenvalue weighted by molar-refractivity contribution is -0.127. The first-order valence-electron chi connectivity index (χ1n) is 12.2. The fourth-order valence-electron chi connectivity index (χ4n) is 5.01. The Labute approximate surface area is 216 Å². The van der Waals surface area contributed by atoms with Crippen LogP contribution in [0, 0.1) is 12.8 Å². The maximum atomic E-state index is 13.1. The monoisotopic (exact) mass is 515 g/mol. The first-order valence-corrected chi connectivity index (χ1v) is 13.0. The molecule has 8 heteroatoms. The van der Waals surface area contributed by atoms with Gasteiger partial charge in [0.1, 0.15) is 0 Å².